The van der Waals surface area contributed by atoms with Crippen LogP contribution in [0.1, 0.15) is 21.6 Å². The van der Waals surface area contributed by atoms with Crippen LogP contribution in [-0.4, -0.2) is 22.8 Å². The van der Waals surface area contributed by atoms with Gasteiger partial charge in [-0.25, -0.2) is 0 Å². The van der Waals surface area contributed by atoms with Gasteiger partial charge in [-0.1, -0.05) is 22.0 Å². The van der Waals surface area contributed by atoms with E-state index in [4.69, 9.17) is 5.73 Å². The molecule has 104 valence electrons. The van der Waals surface area contributed by atoms with Crippen LogP contribution in [0, 0.1) is 6.92 Å². The first kappa shape index (κ1) is 14.5. The molecule has 2 aromatic rings. The molecule has 0 saturated heterocycles. The molecule has 0 aliphatic heterocycles. The molecule has 0 aliphatic carbocycles. The SMILES string of the molecule is Cc1c(N)cc(Br)cc1C(=O)N(C)Cc1ccccn1. The number of hydrogen-bond donors (Lipinski definition) is 1. The Balaban J connectivity index is 2.23. The van der Waals surface area contributed by atoms with E-state index in [1.165, 1.54) is 0 Å². The van der Waals surface area contributed by atoms with Crippen molar-refractivity contribution >= 4 is 27.5 Å². The van der Waals surface area contributed by atoms with Crippen LogP contribution in [0.25, 0.3) is 0 Å². The minimum Gasteiger partial charge on any atom is -0.398 e. The molecule has 5 heteroatoms. The molecule has 0 aliphatic rings. The number of benzene rings is 1. The molecule has 1 aromatic carbocycles. The molecule has 4 nitrogen and oxygen atoms in total. The van der Waals surface area contributed by atoms with E-state index in [-0.39, 0.29) is 5.91 Å². The average Bonchev–Trinajstić information content (AvgIpc) is 2.43. The summed E-state index contributed by atoms with van der Waals surface area (Å²) in [7, 11) is 1.76. The maximum Gasteiger partial charge on any atom is 0.254 e. The van der Waals surface area contributed by atoms with Gasteiger partial charge in [-0.2, -0.15) is 0 Å². The second-order valence-electron chi connectivity index (χ2n) is 4.65. The molecule has 0 radical (unpaired) electrons. The molecule has 0 spiro atoms. The van der Waals surface area contributed by atoms with Crippen molar-refractivity contribution in [1.82, 2.24) is 9.88 Å². The maximum atomic E-state index is 12.5. The molecule has 0 saturated carbocycles. The van der Waals surface area contributed by atoms with Gasteiger partial charge in [-0.15, -0.1) is 0 Å². The van der Waals surface area contributed by atoms with Crippen molar-refractivity contribution in [2.45, 2.75) is 13.5 Å². The molecule has 0 atom stereocenters. The molecular formula is C15H16BrN3O. The van der Waals surface area contributed by atoms with Crippen LogP contribution >= 0.6 is 15.9 Å². The van der Waals surface area contributed by atoms with Gasteiger partial charge in [0.1, 0.15) is 0 Å². The zero-order chi connectivity index (χ0) is 14.7. The highest BCUT2D eigenvalue weighted by molar-refractivity contribution is 9.10. The molecule has 1 aromatic heterocycles. The van der Waals surface area contributed by atoms with Gasteiger partial charge in [-0.05, 0) is 36.8 Å². The summed E-state index contributed by atoms with van der Waals surface area (Å²) in [5.41, 5.74) is 8.76. The molecule has 1 heterocycles. The monoisotopic (exact) mass is 333 g/mol. The smallest absolute Gasteiger partial charge is 0.254 e. The second kappa shape index (κ2) is 6.05. The van der Waals surface area contributed by atoms with E-state index >= 15 is 0 Å². The van der Waals surface area contributed by atoms with E-state index < -0.39 is 0 Å². The quantitative estimate of drug-likeness (QED) is 0.878. The van der Waals surface area contributed by atoms with Gasteiger partial charge in [0, 0.05) is 29.0 Å². The first-order valence-electron chi connectivity index (χ1n) is 6.20. The van der Waals surface area contributed by atoms with E-state index in [1.807, 2.05) is 25.1 Å². The Hall–Kier alpha value is -1.88. The summed E-state index contributed by atoms with van der Waals surface area (Å²) in [5, 5.41) is 0. The van der Waals surface area contributed by atoms with Crippen LogP contribution in [0.4, 0.5) is 5.69 Å². The normalized spacial score (nSPS) is 10.3. The standard InChI is InChI=1S/C15H16BrN3O/c1-10-13(7-11(16)8-14(10)17)15(20)19(2)9-12-5-3-4-6-18-12/h3-8H,9,17H2,1-2H3. The molecule has 0 unspecified atom stereocenters. The summed E-state index contributed by atoms with van der Waals surface area (Å²) >= 11 is 3.37. The van der Waals surface area contributed by atoms with Crippen LogP contribution in [0.2, 0.25) is 0 Å². The number of hydrogen-bond acceptors (Lipinski definition) is 3. The van der Waals surface area contributed by atoms with Gasteiger partial charge in [0.25, 0.3) is 5.91 Å². The number of nitrogens with zero attached hydrogens (tertiary/aromatic N) is 2. The molecule has 2 rings (SSSR count). The predicted octanol–water partition coefficient (Wildman–Crippen LogP) is 3.01. The summed E-state index contributed by atoms with van der Waals surface area (Å²) in [6, 6.07) is 9.24. The number of nitrogens with two attached hydrogens (primary N) is 1. The lowest BCUT2D eigenvalue weighted by Crippen LogP contribution is -2.27. The topological polar surface area (TPSA) is 59.2 Å². The largest absolute Gasteiger partial charge is 0.398 e. The number of anilines is 1. The van der Waals surface area contributed by atoms with Gasteiger partial charge in [0.15, 0.2) is 0 Å². The average molecular weight is 334 g/mol. The number of aromatic nitrogens is 1. The van der Waals surface area contributed by atoms with Crippen molar-refractivity contribution in [3.8, 4) is 0 Å². The van der Waals surface area contributed by atoms with E-state index in [0.29, 0.717) is 17.8 Å². The predicted molar refractivity (Wildman–Crippen MR) is 83.3 cm³/mol. The zero-order valence-corrected chi connectivity index (χ0v) is 13.0. The van der Waals surface area contributed by atoms with E-state index in [9.17, 15) is 4.79 Å². The van der Waals surface area contributed by atoms with Crippen molar-refractivity contribution in [3.05, 3.63) is 57.8 Å². The Kier molecular flexibility index (Phi) is 4.39. The minimum absolute atomic E-state index is 0.0684. The van der Waals surface area contributed by atoms with Crippen LogP contribution < -0.4 is 5.73 Å². The van der Waals surface area contributed by atoms with Gasteiger partial charge in [0.2, 0.25) is 0 Å². The van der Waals surface area contributed by atoms with E-state index in [0.717, 1.165) is 15.7 Å². The molecule has 0 fully saturated rings. The van der Waals surface area contributed by atoms with Crippen molar-refractivity contribution in [3.63, 3.8) is 0 Å². The van der Waals surface area contributed by atoms with E-state index in [1.54, 1.807) is 30.3 Å². The number of nitrogen functional groups attached to an aromatic ring is 1. The summed E-state index contributed by atoms with van der Waals surface area (Å²) in [4.78, 5) is 18.4. The lowest BCUT2D eigenvalue weighted by Gasteiger charge is -2.19. The van der Waals surface area contributed by atoms with Gasteiger partial charge in [-0.3, -0.25) is 9.78 Å². The van der Waals surface area contributed by atoms with Crippen molar-refractivity contribution in [2.75, 3.05) is 12.8 Å². The summed E-state index contributed by atoms with van der Waals surface area (Å²) in [5.74, 6) is -0.0684. The van der Waals surface area contributed by atoms with Gasteiger partial charge >= 0.3 is 0 Å². The first-order valence-corrected chi connectivity index (χ1v) is 6.99. The Morgan fingerprint density at radius 2 is 2.15 bits per heavy atom. The third kappa shape index (κ3) is 3.17. The highest BCUT2D eigenvalue weighted by Gasteiger charge is 2.16. The molecule has 1 amide bonds. The Labute approximate surface area is 126 Å². The molecule has 20 heavy (non-hydrogen) atoms. The fourth-order valence-corrected chi connectivity index (χ4v) is 2.41. The van der Waals surface area contributed by atoms with Crippen molar-refractivity contribution in [1.29, 1.82) is 0 Å². The number of carbonyl (C=O) groups excluding carboxylic acids is 1. The number of pyridine rings is 1. The van der Waals surface area contributed by atoms with Crippen molar-refractivity contribution in [2.24, 2.45) is 0 Å². The van der Waals surface area contributed by atoms with Crippen LogP contribution in [-0.2, 0) is 6.54 Å². The highest BCUT2D eigenvalue weighted by atomic mass is 79.9. The number of rotatable bonds is 3. The van der Waals surface area contributed by atoms with Crippen LogP contribution in [0.5, 0.6) is 0 Å². The lowest BCUT2D eigenvalue weighted by atomic mass is 10.1. The Morgan fingerprint density at radius 1 is 1.40 bits per heavy atom. The van der Waals surface area contributed by atoms with Crippen LogP contribution in [0.3, 0.4) is 0 Å². The van der Waals surface area contributed by atoms with Crippen molar-refractivity contribution < 1.29 is 4.79 Å². The number of halogens is 1. The Morgan fingerprint density at radius 3 is 2.80 bits per heavy atom. The fourth-order valence-electron chi connectivity index (χ4n) is 1.93. The van der Waals surface area contributed by atoms with Gasteiger partial charge < -0.3 is 10.6 Å². The number of amides is 1. The first-order chi connectivity index (χ1) is 9.49. The third-order valence-electron chi connectivity index (χ3n) is 3.12. The zero-order valence-electron chi connectivity index (χ0n) is 11.4. The lowest BCUT2D eigenvalue weighted by molar-refractivity contribution is 0.0782. The molecular weight excluding hydrogens is 318 g/mol. The summed E-state index contributed by atoms with van der Waals surface area (Å²) < 4.78 is 0.801. The Bertz CT molecular complexity index is 629. The maximum absolute atomic E-state index is 12.5. The fraction of sp³-hybridized carbons (Fsp3) is 0.200. The highest BCUT2D eigenvalue weighted by Crippen LogP contribution is 2.24. The number of carbonyl (C=O) groups is 1. The minimum atomic E-state index is -0.0684. The molecule has 0 bridgehead atoms. The second-order valence-corrected chi connectivity index (χ2v) is 5.57. The molecule has 2 N–H and O–H groups in total. The third-order valence-corrected chi connectivity index (χ3v) is 3.57. The van der Waals surface area contributed by atoms with Crippen LogP contribution in [0.15, 0.2) is 41.0 Å². The summed E-state index contributed by atoms with van der Waals surface area (Å²) in [6.07, 6.45) is 1.72. The van der Waals surface area contributed by atoms with Gasteiger partial charge in [0.05, 0.1) is 12.2 Å². The summed E-state index contributed by atoms with van der Waals surface area (Å²) in [6.45, 7) is 2.31. The van der Waals surface area contributed by atoms with E-state index in [2.05, 4.69) is 20.9 Å².